The van der Waals surface area contributed by atoms with E-state index < -0.39 is 11.6 Å². The van der Waals surface area contributed by atoms with E-state index in [1.54, 1.807) is 0 Å². The van der Waals surface area contributed by atoms with Gasteiger partial charge in [-0.05, 0) is 0 Å². The second kappa shape index (κ2) is 5.17. The van der Waals surface area contributed by atoms with Gasteiger partial charge in [-0.3, -0.25) is 4.79 Å². The minimum atomic E-state index is -0.760. The Morgan fingerprint density at radius 2 is 1.79 bits per heavy atom. The largest absolute Gasteiger partial charge is 0.439 e. The van der Waals surface area contributed by atoms with Gasteiger partial charge in [-0.2, -0.15) is 4.98 Å². The molecule has 0 aliphatic heterocycles. The minimum Gasteiger partial charge on any atom is -0.439 e. The van der Waals surface area contributed by atoms with Crippen LogP contribution in [-0.4, -0.2) is 9.97 Å². The molecule has 6 heteroatoms. The highest BCUT2D eigenvalue weighted by molar-refractivity contribution is 5.28. The molecular weight excluding hydrogens is 254 g/mol. The van der Waals surface area contributed by atoms with Crippen LogP contribution in [0.4, 0.5) is 8.78 Å². The van der Waals surface area contributed by atoms with Gasteiger partial charge in [0.25, 0.3) is 5.56 Å². The Morgan fingerprint density at radius 1 is 1.16 bits per heavy atom. The first-order chi connectivity index (χ1) is 8.94. The predicted molar refractivity (Wildman–Crippen MR) is 65.4 cm³/mol. The average Bonchev–Trinajstić information content (AvgIpc) is 2.26. The van der Waals surface area contributed by atoms with Gasteiger partial charge in [0, 0.05) is 24.1 Å². The highest BCUT2D eigenvalue weighted by Gasteiger charge is 2.08. The molecule has 0 aliphatic rings. The molecular formula is C13H12F2N2O2. The van der Waals surface area contributed by atoms with Gasteiger partial charge in [-0.25, -0.2) is 8.78 Å². The molecule has 1 aromatic heterocycles. The van der Waals surface area contributed by atoms with E-state index in [1.165, 1.54) is 0 Å². The maximum atomic E-state index is 13.0. The zero-order valence-corrected chi connectivity index (χ0v) is 10.4. The van der Waals surface area contributed by atoms with Crippen molar-refractivity contribution in [2.24, 2.45) is 0 Å². The molecule has 0 unspecified atom stereocenters. The number of hydrogen-bond acceptors (Lipinski definition) is 3. The van der Waals surface area contributed by atoms with Crippen molar-refractivity contribution in [3.05, 3.63) is 52.1 Å². The molecule has 0 amide bonds. The van der Waals surface area contributed by atoms with Crippen molar-refractivity contribution in [2.45, 2.75) is 19.8 Å². The van der Waals surface area contributed by atoms with Gasteiger partial charge in [0.15, 0.2) is 0 Å². The highest BCUT2D eigenvalue weighted by Crippen LogP contribution is 2.21. The third-order valence-electron chi connectivity index (χ3n) is 2.34. The molecule has 19 heavy (non-hydrogen) atoms. The number of H-pyrrole nitrogens is 1. The highest BCUT2D eigenvalue weighted by atomic mass is 19.1. The van der Waals surface area contributed by atoms with E-state index in [-0.39, 0.29) is 23.1 Å². The van der Waals surface area contributed by atoms with Gasteiger partial charge in [0.2, 0.25) is 5.88 Å². The Labute approximate surface area is 108 Å². The SMILES string of the molecule is CC(C)c1nc(Oc2cc(F)cc(F)c2)cc(=O)[nH]1. The van der Waals surface area contributed by atoms with Crippen LogP contribution >= 0.6 is 0 Å². The van der Waals surface area contributed by atoms with Crippen LogP contribution in [-0.2, 0) is 0 Å². The smallest absolute Gasteiger partial charge is 0.254 e. The van der Waals surface area contributed by atoms with Crippen LogP contribution in [0, 0.1) is 11.6 Å². The van der Waals surface area contributed by atoms with Crippen molar-refractivity contribution in [3.8, 4) is 11.6 Å². The third-order valence-corrected chi connectivity index (χ3v) is 2.34. The molecule has 0 bridgehead atoms. The first kappa shape index (κ1) is 13.2. The lowest BCUT2D eigenvalue weighted by Crippen LogP contribution is -2.12. The molecule has 0 saturated heterocycles. The Hall–Kier alpha value is -2.24. The standard InChI is InChI=1S/C13H12F2N2O2/c1-7(2)13-16-11(18)6-12(17-13)19-10-4-8(14)3-9(15)5-10/h3-7H,1-2H3,(H,16,17,18). The lowest BCUT2D eigenvalue weighted by molar-refractivity contribution is 0.445. The third kappa shape index (κ3) is 3.37. The zero-order chi connectivity index (χ0) is 14.0. The normalized spacial score (nSPS) is 10.8. The van der Waals surface area contributed by atoms with Gasteiger partial charge >= 0.3 is 0 Å². The first-order valence-electron chi connectivity index (χ1n) is 5.69. The summed E-state index contributed by atoms with van der Waals surface area (Å²) >= 11 is 0. The van der Waals surface area contributed by atoms with Crippen molar-refractivity contribution in [2.75, 3.05) is 0 Å². The maximum Gasteiger partial charge on any atom is 0.254 e. The Morgan fingerprint density at radius 3 is 2.37 bits per heavy atom. The van der Waals surface area contributed by atoms with E-state index in [4.69, 9.17) is 4.74 Å². The molecule has 4 nitrogen and oxygen atoms in total. The number of hydrogen-bond donors (Lipinski definition) is 1. The second-order valence-electron chi connectivity index (χ2n) is 4.33. The number of nitrogens with one attached hydrogen (secondary N) is 1. The number of aromatic amines is 1. The maximum absolute atomic E-state index is 13.0. The minimum absolute atomic E-state index is 0.000459. The average molecular weight is 266 g/mol. The number of ether oxygens (including phenoxy) is 1. The number of halogens is 2. The zero-order valence-electron chi connectivity index (χ0n) is 10.4. The Kier molecular flexibility index (Phi) is 3.59. The molecule has 0 fully saturated rings. The summed E-state index contributed by atoms with van der Waals surface area (Å²) < 4.78 is 31.2. The number of benzene rings is 1. The van der Waals surface area contributed by atoms with Crippen LogP contribution in [0.3, 0.4) is 0 Å². The molecule has 100 valence electrons. The van der Waals surface area contributed by atoms with Gasteiger partial charge in [-0.1, -0.05) is 13.8 Å². The van der Waals surface area contributed by atoms with Gasteiger partial charge in [0.05, 0.1) is 6.07 Å². The number of nitrogens with zero attached hydrogens (tertiary/aromatic N) is 1. The summed E-state index contributed by atoms with van der Waals surface area (Å²) in [6.45, 7) is 3.70. The van der Waals surface area contributed by atoms with Gasteiger partial charge in [-0.15, -0.1) is 0 Å². The summed E-state index contributed by atoms with van der Waals surface area (Å²) in [5.41, 5.74) is -0.384. The van der Waals surface area contributed by atoms with E-state index in [0.29, 0.717) is 5.82 Å². The summed E-state index contributed by atoms with van der Waals surface area (Å²) in [5.74, 6) is -1.13. The van der Waals surface area contributed by atoms with Gasteiger partial charge < -0.3 is 9.72 Å². The van der Waals surface area contributed by atoms with Crippen LogP contribution < -0.4 is 10.3 Å². The Balaban J connectivity index is 2.35. The Bertz CT molecular complexity index is 633. The van der Waals surface area contributed by atoms with Crippen LogP contribution in [0.2, 0.25) is 0 Å². The molecule has 2 rings (SSSR count). The van der Waals surface area contributed by atoms with Crippen LogP contribution in [0.5, 0.6) is 11.6 Å². The van der Waals surface area contributed by atoms with Crippen LogP contribution in [0.15, 0.2) is 29.1 Å². The lowest BCUT2D eigenvalue weighted by atomic mass is 10.2. The summed E-state index contributed by atoms with van der Waals surface area (Å²) in [6, 6.07) is 3.88. The molecule has 1 N–H and O–H groups in total. The van der Waals surface area contributed by atoms with E-state index in [0.717, 1.165) is 24.3 Å². The second-order valence-corrected chi connectivity index (χ2v) is 4.33. The summed E-state index contributed by atoms with van der Waals surface area (Å²) in [5, 5.41) is 0. The van der Waals surface area contributed by atoms with Crippen molar-refractivity contribution in [1.29, 1.82) is 0 Å². The van der Waals surface area contributed by atoms with Crippen molar-refractivity contribution in [1.82, 2.24) is 9.97 Å². The molecule has 0 spiro atoms. The van der Waals surface area contributed by atoms with E-state index in [1.807, 2.05) is 13.8 Å². The van der Waals surface area contributed by atoms with Gasteiger partial charge in [0.1, 0.15) is 23.2 Å². The topological polar surface area (TPSA) is 55.0 Å². The molecule has 0 aliphatic carbocycles. The van der Waals surface area contributed by atoms with Crippen LogP contribution in [0.1, 0.15) is 25.6 Å². The molecule has 0 atom stereocenters. The fraction of sp³-hybridized carbons (Fsp3) is 0.231. The summed E-state index contributed by atoms with van der Waals surface area (Å²) in [6.07, 6.45) is 0. The first-order valence-corrected chi connectivity index (χ1v) is 5.69. The van der Waals surface area contributed by atoms with Crippen LogP contribution in [0.25, 0.3) is 0 Å². The van der Waals surface area contributed by atoms with E-state index in [9.17, 15) is 13.6 Å². The summed E-state index contributed by atoms with van der Waals surface area (Å²) in [4.78, 5) is 18.0. The quantitative estimate of drug-likeness (QED) is 0.929. The molecule has 1 heterocycles. The molecule has 1 aromatic carbocycles. The summed E-state index contributed by atoms with van der Waals surface area (Å²) in [7, 11) is 0. The van der Waals surface area contributed by atoms with E-state index in [2.05, 4.69) is 9.97 Å². The fourth-order valence-corrected chi connectivity index (χ4v) is 1.49. The lowest BCUT2D eigenvalue weighted by Gasteiger charge is -2.08. The fourth-order valence-electron chi connectivity index (χ4n) is 1.49. The number of aromatic nitrogens is 2. The molecule has 2 aromatic rings. The monoisotopic (exact) mass is 266 g/mol. The van der Waals surface area contributed by atoms with Crippen molar-refractivity contribution >= 4 is 0 Å². The predicted octanol–water partition coefficient (Wildman–Crippen LogP) is 2.96. The number of rotatable bonds is 3. The van der Waals surface area contributed by atoms with Crippen molar-refractivity contribution in [3.63, 3.8) is 0 Å². The van der Waals surface area contributed by atoms with Crippen molar-refractivity contribution < 1.29 is 13.5 Å². The molecule has 0 radical (unpaired) electrons. The molecule has 0 saturated carbocycles. The van der Waals surface area contributed by atoms with E-state index >= 15 is 0 Å².